The van der Waals surface area contributed by atoms with Crippen LogP contribution in [0.2, 0.25) is 0 Å². The maximum atomic E-state index is 13.0. The number of nitrogens with one attached hydrogen (secondary N) is 1. The van der Waals surface area contributed by atoms with Gasteiger partial charge in [0.1, 0.15) is 18.3 Å². The van der Waals surface area contributed by atoms with Crippen LogP contribution in [0.5, 0.6) is 5.75 Å². The van der Waals surface area contributed by atoms with Crippen molar-refractivity contribution in [2.45, 2.75) is 50.1 Å². The summed E-state index contributed by atoms with van der Waals surface area (Å²) in [5, 5.41) is 3.34. The average molecular weight is 344 g/mol. The van der Waals surface area contributed by atoms with Gasteiger partial charge in [0.15, 0.2) is 0 Å². The molecule has 25 heavy (non-hydrogen) atoms. The highest BCUT2D eigenvalue weighted by molar-refractivity contribution is 5.85. The van der Waals surface area contributed by atoms with Crippen LogP contribution in [0.15, 0.2) is 24.3 Å². The molecule has 1 aliphatic carbocycles. The summed E-state index contributed by atoms with van der Waals surface area (Å²) >= 11 is 0. The number of ether oxygens (including phenoxy) is 2. The van der Waals surface area contributed by atoms with Gasteiger partial charge in [0.05, 0.1) is 13.2 Å². The maximum absolute atomic E-state index is 13.0. The number of hydrogen-bond acceptors (Lipinski definition) is 4. The van der Waals surface area contributed by atoms with E-state index in [9.17, 15) is 4.79 Å². The molecule has 5 heteroatoms. The van der Waals surface area contributed by atoms with Crippen molar-refractivity contribution < 1.29 is 14.3 Å². The van der Waals surface area contributed by atoms with Gasteiger partial charge in [-0.1, -0.05) is 31.0 Å². The average Bonchev–Trinajstić information content (AvgIpc) is 3.30. The first-order valence-electron chi connectivity index (χ1n) is 9.56. The molecule has 0 unspecified atom stereocenters. The van der Waals surface area contributed by atoms with Gasteiger partial charge in [-0.15, -0.1) is 0 Å². The summed E-state index contributed by atoms with van der Waals surface area (Å²) in [7, 11) is 0. The highest BCUT2D eigenvalue weighted by Crippen LogP contribution is 2.39. The van der Waals surface area contributed by atoms with Gasteiger partial charge < -0.3 is 14.8 Å². The topological polar surface area (TPSA) is 50.8 Å². The van der Waals surface area contributed by atoms with E-state index in [1.165, 1.54) is 12.8 Å². The van der Waals surface area contributed by atoms with Gasteiger partial charge in [-0.05, 0) is 25.8 Å². The van der Waals surface area contributed by atoms with Gasteiger partial charge in [0.2, 0.25) is 5.91 Å². The van der Waals surface area contributed by atoms with Crippen molar-refractivity contribution in [3.8, 4) is 5.75 Å². The van der Waals surface area contributed by atoms with Crippen LogP contribution in [0, 0.1) is 0 Å². The smallest absolute Gasteiger partial charge is 0.231 e. The molecule has 0 spiro atoms. The third-order valence-corrected chi connectivity index (χ3v) is 6.29. The van der Waals surface area contributed by atoms with Gasteiger partial charge >= 0.3 is 0 Å². The fourth-order valence-corrected chi connectivity index (χ4v) is 4.85. The minimum Gasteiger partial charge on any atom is -0.492 e. The molecule has 0 aromatic heterocycles. The lowest BCUT2D eigenvalue weighted by Gasteiger charge is -2.47. The third-order valence-electron chi connectivity index (χ3n) is 6.29. The molecule has 2 fully saturated rings. The van der Waals surface area contributed by atoms with Crippen LogP contribution in [-0.2, 0) is 9.53 Å². The molecule has 1 saturated heterocycles. The molecular weight excluding hydrogens is 316 g/mol. The number of hydrogen-bond donors (Lipinski definition) is 1. The minimum atomic E-state index is -0.193. The van der Waals surface area contributed by atoms with E-state index in [2.05, 4.69) is 17.1 Å². The number of para-hydroxylation sites is 1. The molecule has 2 aliphatic heterocycles. The molecule has 3 aliphatic rings. The molecule has 1 aromatic rings. The van der Waals surface area contributed by atoms with Crippen molar-refractivity contribution in [2.75, 3.05) is 32.9 Å². The Labute approximate surface area is 149 Å². The van der Waals surface area contributed by atoms with Crippen LogP contribution in [0.4, 0.5) is 0 Å². The fraction of sp³-hybridized carbons (Fsp3) is 0.650. The zero-order valence-electron chi connectivity index (χ0n) is 15.0. The van der Waals surface area contributed by atoms with Crippen molar-refractivity contribution in [1.29, 1.82) is 0 Å². The predicted octanol–water partition coefficient (Wildman–Crippen LogP) is 2.31. The number of rotatable bonds is 4. The number of benzene rings is 1. The summed E-state index contributed by atoms with van der Waals surface area (Å²) in [6.07, 6.45) is 4.80. The van der Waals surface area contributed by atoms with Crippen molar-refractivity contribution in [3.63, 3.8) is 0 Å². The van der Waals surface area contributed by atoms with E-state index in [4.69, 9.17) is 9.47 Å². The molecule has 136 valence electrons. The first-order chi connectivity index (χ1) is 12.2. The van der Waals surface area contributed by atoms with E-state index < -0.39 is 0 Å². The second-order valence-electron chi connectivity index (χ2n) is 7.54. The van der Waals surface area contributed by atoms with Crippen LogP contribution < -0.4 is 10.1 Å². The third kappa shape index (κ3) is 3.04. The van der Waals surface area contributed by atoms with E-state index in [1.54, 1.807) is 0 Å². The molecule has 2 heterocycles. The Morgan fingerprint density at radius 1 is 1.24 bits per heavy atom. The van der Waals surface area contributed by atoms with E-state index in [1.807, 2.05) is 24.3 Å². The number of amides is 1. The number of morpholine rings is 1. The molecular formula is C20H28N2O3. The largest absolute Gasteiger partial charge is 0.492 e. The molecule has 0 bridgehead atoms. The van der Waals surface area contributed by atoms with Gasteiger partial charge in [0, 0.05) is 30.2 Å². The highest BCUT2D eigenvalue weighted by Gasteiger charge is 2.45. The predicted molar refractivity (Wildman–Crippen MR) is 95.9 cm³/mol. The monoisotopic (exact) mass is 344 g/mol. The summed E-state index contributed by atoms with van der Waals surface area (Å²) in [4.78, 5) is 15.5. The van der Waals surface area contributed by atoms with Gasteiger partial charge in [-0.2, -0.15) is 0 Å². The lowest BCUT2D eigenvalue weighted by Crippen LogP contribution is -2.62. The van der Waals surface area contributed by atoms with Crippen LogP contribution in [0.25, 0.3) is 0 Å². The SMILES string of the molecule is C[C@H](NC(=O)[C@@H]1COc2ccccc21)C1(N2CCOCC2)CCCC1. The Balaban J connectivity index is 1.48. The molecule has 4 rings (SSSR count). The van der Waals surface area contributed by atoms with E-state index in [0.29, 0.717) is 6.61 Å². The molecule has 1 N–H and O–H groups in total. The van der Waals surface area contributed by atoms with Gasteiger partial charge in [0.25, 0.3) is 0 Å². The lowest BCUT2D eigenvalue weighted by molar-refractivity contribution is -0.125. The normalized spacial score (nSPS) is 26.7. The van der Waals surface area contributed by atoms with Crippen molar-refractivity contribution >= 4 is 5.91 Å². The van der Waals surface area contributed by atoms with E-state index in [0.717, 1.165) is 50.5 Å². The minimum absolute atomic E-state index is 0.0818. The number of fused-ring (bicyclic) bond motifs is 1. The van der Waals surface area contributed by atoms with E-state index in [-0.39, 0.29) is 23.4 Å². The first kappa shape index (κ1) is 16.9. The molecule has 1 aromatic carbocycles. The molecule has 2 atom stereocenters. The molecule has 0 radical (unpaired) electrons. The molecule has 1 amide bonds. The highest BCUT2D eigenvalue weighted by atomic mass is 16.5. The van der Waals surface area contributed by atoms with Gasteiger partial charge in [-0.25, -0.2) is 0 Å². The second-order valence-corrected chi connectivity index (χ2v) is 7.54. The Morgan fingerprint density at radius 2 is 1.96 bits per heavy atom. The quantitative estimate of drug-likeness (QED) is 0.911. The van der Waals surface area contributed by atoms with Crippen LogP contribution >= 0.6 is 0 Å². The Bertz CT molecular complexity index is 621. The number of carbonyl (C=O) groups is 1. The molecule has 5 nitrogen and oxygen atoms in total. The first-order valence-corrected chi connectivity index (χ1v) is 9.56. The van der Waals surface area contributed by atoms with Crippen molar-refractivity contribution in [1.82, 2.24) is 10.2 Å². The summed E-state index contributed by atoms with van der Waals surface area (Å²) in [5.41, 5.74) is 1.09. The Kier molecular flexibility index (Phi) is 4.69. The van der Waals surface area contributed by atoms with Crippen LogP contribution in [-0.4, -0.2) is 55.3 Å². The number of nitrogens with zero attached hydrogens (tertiary/aromatic N) is 1. The Hall–Kier alpha value is -1.59. The zero-order valence-corrected chi connectivity index (χ0v) is 15.0. The van der Waals surface area contributed by atoms with Crippen molar-refractivity contribution in [3.05, 3.63) is 29.8 Å². The standard InChI is InChI=1S/C20H28N2O3/c1-15(20(8-4-5-9-20)22-10-12-24-13-11-22)21-19(23)17-14-25-18-7-3-2-6-16(17)18/h2-3,6-7,15,17H,4-5,8-14H2,1H3,(H,21,23)/t15-,17+/m0/s1. The fourth-order valence-electron chi connectivity index (χ4n) is 4.85. The summed E-state index contributed by atoms with van der Waals surface area (Å²) in [6.45, 7) is 6.16. The van der Waals surface area contributed by atoms with Crippen molar-refractivity contribution in [2.24, 2.45) is 0 Å². The molecule has 1 saturated carbocycles. The zero-order chi connectivity index (χ0) is 17.3. The van der Waals surface area contributed by atoms with Gasteiger partial charge in [-0.3, -0.25) is 9.69 Å². The summed E-state index contributed by atoms with van der Waals surface area (Å²) in [5.74, 6) is 0.748. The van der Waals surface area contributed by atoms with Crippen LogP contribution in [0.3, 0.4) is 0 Å². The summed E-state index contributed by atoms with van der Waals surface area (Å²) in [6, 6.07) is 8.01. The number of carbonyl (C=O) groups excluding carboxylic acids is 1. The Morgan fingerprint density at radius 3 is 2.72 bits per heavy atom. The maximum Gasteiger partial charge on any atom is 0.231 e. The van der Waals surface area contributed by atoms with E-state index >= 15 is 0 Å². The summed E-state index contributed by atoms with van der Waals surface area (Å²) < 4.78 is 11.2. The second kappa shape index (κ2) is 6.96. The lowest BCUT2D eigenvalue weighted by atomic mass is 9.86. The van der Waals surface area contributed by atoms with Crippen LogP contribution in [0.1, 0.15) is 44.1 Å².